The van der Waals surface area contributed by atoms with Crippen molar-refractivity contribution in [3.05, 3.63) is 16.1 Å². The number of rotatable bonds is 4. The first-order valence-corrected chi connectivity index (χ1v) is 7.01. The van der Waals surface area contributed by atoms with Crippen molar-refractivity contribution >= 4 is 11.3 Å². The van der Waals surface area contributed by atoms with E-state index in [1.54, 1.807) is 11.3 Å². The summed E-state index contributed by atoms with van der Waals surface area (Å²) in [5.41, 5.74) is 1.31. The van der Waals surface area contributed by atoms with Crippen LogP contribution >= 0.6 is 11.3 Å². The van der Waals surface area contributed by atoms with Gasteiger partial charge in [0.05, 0.1) is 5.69 Å². The molecule has 16 heavy (non-hydrogen) atoms. The van der Waals surface area contributed by atoms with Gasteiger partial charge in [0.25, 0.3) is 0 Å². The van der Waals surface area contributed by atoms with Gasteiger partial charge in [0.1, 0.15) is 5.01 Å². The number of aromatic nitrogens is 1. The Bertz CT molecular complexity index is 324. The summed E-state index contributed by atoms with van der Waals surface area (Å²) >= 11 is 1.79. The molecule has 0 saturated carbocycles. The smallest absolute Gasteiger partial charge is 0.107 e. The van der Waals surface area contributed by atoms with E-state index >= 15 is 0 Å². The average molecular weight is 239 g/mol. The molecule has 3 nitrogen and oxygen atoms in total. The normalized spacial score (nSPS) is 22.5. The molecule has 1 unspecified atom stereocenters. The number of likely N-dealkylation sites (tertiary alicyclic amines) is 1. The summed E-state index contributed by atoms with van der Waals surface area (Å²) in [5.74, 6) is 0.658. The number of hydrogen-bond donors (Lipinski definition) is 1. The first-order chi connectivity index (χ1) is 7.79. The van der Waals surface area contributed by atoms with Gasteiger partial charge in [0, 0.05) is 24.4 Å². The van der Waals surface area contributed by atoms with E-state index in [2.05, 4.69) is 29.6 Å². The lowest BCUT2D eigenvalue weighted by Gasteiger charge is -2.28. The van der Waals surface area contributed by atoms with Crippen LogP contribution in [-0.4, -0.2) is 36.6 Å². The van der Waals surface area contributed by atoms with Gasteiger partial charge in [-0.1, -0.05) is 6.92 Å². The predicted octanol–water partition coefficient (Wildman–Crippen LogP) is 2.06. The second-order valence-electron chi connectivity index (χ2n) is 4.55. The van der Waals surface area contributed by atoms with Gasteiger partial charge in [-0.2, -0.15) is 0 Å². The first-order valence-electron chi connectivity index (χ1n) is 6.13. The topological polar surface area (TPSA) is 28.2 Å². The summed E-state index contributed by atoms with van der Waals surface area (Å²) in [6, 6.07) is 0. The molecule has 1 aromatic heterocycles. The fourth-order valence-electron chi connectivity index (χ4n) is 2.23. The highest BCUT2D eigenvalue weighted by molar-refractivity contribution is 7.09. The van der Waals surface area contributed by atoms with Crippen LogP contribution in [0, 0.1) is 0 Å². The lowest BCUT2D eigenvalue weighted by atomic mass is 9.96. The summed E-state index contributed by atoms with van der Waals surface area (Å²) in [6.07, 6.45) is 2.61. The van der Waals surface area contributed by atoms with E-state index in [1.165, 1.54) is 36.6 Å². The van der Waals surface area contributed by atoms with E-state index in [4.69, 9.17) is 4.98 Å². The fraction of sp³-hybridized carbons (Fsp3) is 0.750. The molecule has 0 aliphatic carbocycles. The molecule has 2 rings (SSSR count). The van der Waals surface area contributed by atoms with Crippen molar-refractivity contribution in [2.45, 2.75) is 32.2 Å². The summed E-state index contributed by atoms with van der Waals surface area (Å²) in [4.78, 5) is 7.15. The molecule has 0 aromatic carbocycles. The quantitative estimate of drug-likeness (QED) is 0.872. The van der Waals surface area contributed by atoms with E-state index < -0.39 is 0 Å². The maximum absolute atomic E-state index is 4.74. The van der Waals surface area contributed by atoms with Gasteiger partial charge in [-0.05, 0) is 33.0 Å². The summed E-state index contributed by atoms with van der Waals surface area (Å²) in [6.45, 7) is 6.48. The number of piperidine rings is 1. The van der Waals surface area contributed by atoms with Gasteiger partial charge in [-0.3, -0.25) is 0 Å². The van der Waals surface area contributed by atoms with E-state index in [0.717, 1.165) is 13.1 Å². The van der Waals surface area contributed by atoms with Crippen LogP contribution in [0.15, 0.2) is 5.38 Å². The van der Waals surface area contributed by atoms with Crippen molar-refractivity contribution in [2.24, 2.45) is 0 Å². The molecule has 1 fully saturated rings. The third kappa shape index (κ3) is 3.03. The van der Waals surface area contributed by atoms with Crippen molar-refractivity contribution in [1.29, 1.82) is 0 Å². The minimum atomic E-state index is 0.658. The molecule has 1 aliphatic heterocycles. The molecule has 1 N–H and O–H groups in total. The van der Waals surface area contributed by atoms with Crippen molar-refractivity contribution in [2.75, 3.05) is 26.7 Å². The lowest BCUT2D eigenvalue weighted by molar-refractivity contribution is 0.248. The molecule has 2 heterocycles. The van der Waals surface area contributed by atoms with Crippen LogP contribution in [0.5, 0.6) is 0 Å². The van der Waals surface area contributed by atoms with Crippen molar-refractivity contribution in [3.8, 4) is 0 Å². The third-order valence-electron chi connectivity index (χ3n) is 3.14. The van der Waals surface area contributed by atoms with Gasteiger partial charge in [-0.25, -0.2) is 4.98 Å². The van der Waals surface area contributed by atoms with Crippen molar-refractivity contribution in [1.82, 2.24) is 15.2 Å². The van der Waals surface area contributed by atoms with Crippen LogP contribution in [-0.2, 0) is 6.54 Å². The minimum Gasteiger partial charge on any atom is -0.311 e. The highest BCUT2D eigenvalue weighted by atomic mass is 32.1. The Morgan fingerprint density at radius 1 is 1.62 bits per heavy atom. The van der Waals surface area contributed by atoms with Crippen molar-refractivity contribution < 1.29 is 0 Å². The number of likely N-dealkylation sites (N-methyl/N-ethyl adjacent to an activating group) is 1. The molecule has 4 heteroatoms. The average Bonchev–Trinajstić information content (AvgIpc) is 2.75. The Labute approximate surface area is 102 Å². The van der Waals surface area contributed by atoms with Gasteiger partial charge < -0.3 is 10.2 Å². The largest absolute Gasteiger partial charge is 0.311 e. The van der Waals surface area contributed by atoms with Crippen LogP contribution in [0.2, 0.25) is 0 Å². The zero-order valence-corrected chi connectivity index (χ0v) is 11.0. The molecule has 1 atom stereocenters. The molecule has 90 valence electrons. The molecule has 1 aromatic rings. The summed E-state index contributed by atoms with van der Waals surface area (Å²) < 4.78 is 0. The van der Waals surface area contributed by atoms with Gasteiger partial charge in [-0.15, -0.1) is 11.3 Å². The minimum absolute atomic E-state index is 0.658. The van der Waals surface area contributed by atoms with Crippen LogP contribution in [0.4, 0.5) is 0 Å². The molecular formula is C12H21N3S. The first kappa shape index (κ1) is 12.0. The SMILES string of the molecule is CCNCc1nc(C2CCCN(C)C2)cs1. The van der Waals surface area contributed by atoms with E-state index in [1.807, 2.05) is 0 Å². The van der Waals surface area contributed by atoms with E-state index in [9.17, 15) is 0 Å². The predicted molar refractivity (Wildman–Crippen MR) is 69.0 cm³/mol. The van der Waals surface area contributed by atoms with E-state index in [-0.39, 0.29) is 0 Å². The zero-order valence-electron chi connectivity index (χ0n) is 10.2. The third-order valence-corrected chi connectivity index (χ3v) is 4.01. The number of hydrogen-bond acceptors (Lipinski definition) is 4. The summed E-state index contributed by atoms with van der Waals surface area (Å²) in [7, 11) is 2.21. The molecule has 0 spiro atoms. The van der Waals surface area contributed by atoms with Gasteiger partial charge in [0.15, 0.2) is 0 Å². The Morgan fingerprint density at radius 2 is 2.50 bits per heavy atom. The Balaban J connectivity index is 1.95. The monoisotopic (exact) mass is 239 g/mol. The molecular weight excluding hydrogens is 218 g/mol. The molecule has 0 amide bonds. The van der Waals surface area contributed by atoms with E-state index in [0.29, 0.717) is 5.92 Å². The number of nitrogens with one attached hydrogen (secondary N) is 1. The molecule has 1 saturated heterocycles. The lowest BCUT2D eigenvalue weighted by Crippen LogP contribution is -2.30. The maximum Gasteiger partial charge on any atom is 0.107 e. The summed E-state index contributed by atoms with van der Waals surface area (Å²) in [5, 5.41) is 6.80. The molecule has 0 bridgehead atoms. The Morgan fingerprint density at radius 3 is 3.25 bits per heavy atom. The van der Waals surface area contributed by atoms with Crippen LogP contribution < -0.4 is 5.32 Å². The molecule has 0 radical (unpaired) electrons. The van der Waals surface area contributed by atoms with Crippen LogP contribution in [0.3, 0.4) is 0 Å². The highest BCUT2D eigenvalue weighted by Crippen LogP contribution is 2.27. The highest BCUT2D eigenvalue weighted by Gasteiger charge is 2.20. The Hall–Kier alpha value is -0.450. The maximum atomic E-state index is 4.74. The Kier molecular flexibility index (Phi) is 4.32. The second kappa shape index (κ2) is 5.75. The number of nitrogens with zero attached hydrogens (tertiary/aromatic N) is 2. The van der Waals surface area contributed by atoms with Gasteiger partial charge >= 0.3 is 0 Å². The van der Waals surface area contributed by atoms with Crippen LogP contribution in [0.25, 0.3) is 0 Å². The standard InChI is InChI=1S/C12H21N3S/c1-3-13-7-12-14-11(9-16-12)10-5-4-6-15(2)8-10/h9-10,13H,3-8H2,1-2H3. The fourth-order valence-corrected chi connectivity index (χ4v) is 3.08. The number of thiazole rings is 1. The van der Waals surface area contributed by atoms with Crippen LogP contribution in [0.1, 0.15) is 36.4 Å². The second-order valence-corrected chi connectivity index (χ2v) is 5.49. The zero-order chi connectivity index (χ0) is 11.4. The van der Waals surface area contributed by atoms with Gasteiger partial charge in [0.2, 0.25) is 0 Å². The molecule has 1 aliphatic rings. The van der Waals surface area contributed by atoms with Crippen molar-refractivity contribution in [3.63, 3.8) is 0 Å².